The van der Waals surface area contributed by atoms with Crippen LogP contribution in [0.4, 0.5) is 5.82 Å². The molecule has 1 aliphatic heterocycles. The first kappa shape index (κ1) is 17.2. The number of anilines is 1. The number of rotatable bonds is 4. The van der Waals surface area contributed by atoms with Crippen LogP contribution in [0, 0.1) is 11.3 Å². The standard InChI is InChI=1S/C22H15N5O/c23-12-10-15-6-4-5-9-17(15)18-14-26-21(24)20(27-18)22-25-13-11-19(28-22)16-7-2-1-3-8-16/h1-9,13-14H,10H2,(H2,24,26). The van der Waals surface area contributed by atoms with E-state index in [2.05, 4.69) is 26.8 Å². The maximum atomic E-state index is 9.07. The highest BCUT2D eigenvalue weighted by atomic mass is 16.5. The second-order valence-corrected chi connectivity index (χ2v) is 5.99. The summed E-state index contributed by atoms with van der Waals surface area (Å²) >= 11 is 0. The summed E-state index contributed by atoms with van der Waals surface area (Å²) in [6, 6.07) is 19.3. The monoisotopic (exact) mass is 365 g/mol. The number of aliphatic imine (C=N–C) groups is 1. The lowest BCUT2D eigenvalue weighted by Crippen LogP contribution is -2.14. The van der Waals surface area contributed by atoms with E-state index in [4.69, 9.17) is 15.7 Å². The Morgan fingerprint density at radius 2 is 1.86 bits per heavy atom. The molecule has 6 heteroatoms. The van der Waals surface area contributed by atoms with Crippen LogP contribution in [0.1, 0.15) is 16.8 Å². The molecule has 0 aliphatic carbocycles. The molecule has 0 radical (unpaired) electrons. The van der Waals surface area contributed by atoms with E-state index in [0.717, 1.165) is 16.7 Å². The van der Waals surface area contributed by atoms with Crippen LogP contribution in [0.3, 0.4) is 0 Å². The number of nitrogens with two attached hydrogens (primary N) is 1. The van der Waals surface area contributed by atoms with Gasteiger partial charge in [-0.1, -0.05) is 60.3 Å². The molecule has 0 fully saturated rings. The van der Waals surface area contributed by atoms with E-state index in [1.165, 1.54) is 6.20 Å². The van der Waals surface area contributed by atoms with Crippen molar-refractivity contribution in [1.82, 2.24) is 9.97 Å². The quantitative estimate of drug-likeness (QED) is 0.711. The van der Waals surface area contributed by atoms with E-state index in [1.807, 2.05) is 54.6 Å². The Labute approximate surface area is 162 Å². The van der Waals surface area contributed by atoms with Gasteiger partial charge in [0.1, 0.15) is 0 Å². The minimum absolute atomic E-state index is 0.211. The minimum Gasteiger partial charge on any atom is -0.428 e. The van der Waals surface area contributed by atoms with Gasteiger partial charge in [0.2, 0.25) is 0 Å². The highest BCUT2D eigenvalue weighted by Gasteiger charge is 2.19. The van der Waals surface area contributed by atoms with Gasteiger partial charge in [0.25, 0.3) is 5.90 Å². The summed E-state index contributed by atoms with van der Waals surface area (Å²) in [6.45, 7) is 0. The molecule has 4 rings (SSSR count). The minimum atomic E-state index is 0.211. The van der Waals surface area contributed by atoms with Crippen LogP contribution in [-0.4, -0.2) is 15.9 Å². The Morgan fingerprint density at radius 3 is 2.68 bits per heavy atom. The molecule has 1 aliphatic rings. The number of aromatic nitrogens is 2. The van der Waals surface area contributed by atoms with Gasteiger partial charge < -0.3 is 10.5 Å². The van der Waals surface area contributed by atoms with Crippen molar-refractivity contribution in [3.05, 3.63) is 89.5 Å². The van der Waals surface area contributed by atoms with Crippen molar-refractivity contribution < 1.29 is 4.74 Å². The van der Waals surface area contributed by atoms with Crippen molar-refractivity contribution >= 4 is 17.5 Å². The molecular weight excluding hydrogens is 350 g/mol. The Hall–Kier alpha value is -4.20. The maximum Gasteiger partial charge on any atom is 0.250 e. The van der Waals surface area contributed by atoms with Crippen LogP contribution < -0.4 is 5.73 Å². The van der Waals surface area contributed by atoms with Crippen molar-refractivity contribution in [1.29, 1.82) is 5.26 Å². The number of ether oxygens (including phenoxy) is 1. The van der Waals surface area contributed by atoms with Crippen molar-refractivity contribution in [2.75, 3.05) is 5.73 Å². The molecule has 0 atom stereocenters. The zero-order chi connectivity index (χ0) is 19.3. The number of hydrogen-bond acceptors (Lipinski definition) is 6. The molecule has 1 aromatic heterocycles. The fraction of sp³-hybridized carbons (Fsp3) is 0.0455. The van der Waals surface area contributed by atoms with Crippen LogP contribution in [0.25, 0.3) is 17.0 Å². The van der Waals surface area contributed by atoms with E-state index < -0.39 is 0 Å². The summed E-state index contributed by atoms with van der Waals surface area (Å²) in [5, 5.41) is 9.07. The molecule has 28 heavy (non-hydrogen) atoms. The van der Waals surface area contributed by atoms with E-state index in [-0.39, 0.29) is 18.1 Å². The van der Waals surface area contributed by atoms with Crippen molar-refractivity contribution in [3.63, 3.8) is 0 Å². The molecule has 0 saturated carbocycles. The van der Waals surface area contributed by atoms with Crippen LogP contribution in [-0.2, 0) is 11.2 Å². The summed E-state index contributed by atoms with van der Waals surface area (Å²) in [5.74, 6) is 0.993. The lowest BCUT2D eigenvalue weighted by Gasteiger charge is -2.14. The lowest BCUT2D eigenvalue weighted by molar-refractivity contribution is 0.504. The number of nitrogen functional groups attached to an aromatic ring is 1. The first-order chi connectivity index (χ1) is 13.8. The average molecular weight is 365 g/mol. The maximum absolute atomic E-state index is 9.07. The fourth-order valence-corrected chi connectivity index (χ4v) is 2.84. The van der Waals surface area contributed by atoms with E-state index in [1.54, 1.807) is 6.20 Å². The number of hydrogen-bond donors (Lipinski definition) is 1. The van der Waals surface area contributed by atoms with Crippen LogP contribution in [0.2, 0.25) is 0 Å². The smallest absolute Gasteiger partial charge is 0.250 e. The van der Waals surface area contributed by atoms with Crippen molar-refractivity contribution in [3.8, 4) is 17.3 Å². The molecule has 0 saturated heterocycles. The summed E-state index contributed by atoms with van der Waals surface area (Å²) in [6.07, 6.45) is 3.39. The molecule has 0 unspecified atom stereocenters. The number of nitriles is 1. The van der Waals surface area contributed by atoms with Gasteiger partial charge in [0, 0.05) is 11.1 Å². The van der Waals surface area contributed by atoms with Gasteiger partial charge in [-0.15, -0.1) is 0 Å². The first-order valence-electron chi connectivity index (χ1n) is 8.60. The van der Waals surface area contributed by atoms with Crippen LogP contribution >= 0.6 is 0 Å². The topological polar surface area (TPSA) is 97.2 Å². The molecular formula is C22H15N5O. The predicted octanol–water partition coefficient (Wildman–Crippen LogP) is 3.72. The van der Waals surface area contributed by atoms with Crippen LogP contribution in [0.15, 0.2) is 77.7 Å². The molecule has 134 valence electrons. The first-order valence-corrected chi connectivity index (χ1v) is 8.60. The summed E-state index contributed by atoms with van der Waals surface area (Å²) < 4.78 is 5.90. The average Bonchev–Trinajstić information content (AvgIpc) is 2.76. The Balaban J connectivity index is 1.71. The third kappa shape index (κ3) is 3.38. The van der Waals surface area contributed by atoms with E-state index in [0.29, 0.717) is 17.1 Å². The molecule has 3 aromatic rings. The number of benzene rings is 2. The van der Waals surface area contributed by atoms with Gasteiger partial charge in [0.05, 0.1) is 30.6 Å². The Kier molecular flexibility index (Phi) is 4.67. The molecule has 0 bridgehead atoms. The predicted molar refractivity (Wildman–Crippen MR) is 107 cm³/mol. The Morgan fingerprint density at radius 1 is 1.07 bits per heavy atom. The molecule has 6 nitrogen and oxygen atoms in total. The third-order valence-corrected chi connectivity index (χ3v) is 4.18. The SMILES string of the molecule is N#CCc1ccccc1-c1cnc(N)c(C2=NC=C=C(c3ccccc3)O2)n1. The molecule has 0 amide bonds. The Bertz CT molecular complexity index is 1170. The highest BCUT2D eigenvalue weighted by Crippen LogP contribution is 2.25. The largest absolute Gasteiger partial charge is 0.428 e. The second-order valence-electron chi connectivity index (χ2n) is 5.99. The van der Waals surface area contributed by atoms with E-state index >= 15 is 0 Å². The summed E-state index contributed by atoms with van der Waals surface area (Å²) in [5.41, 5.74) is 12.5. The summed E-state index contributed by atoms with van der Waals surface area (Å²) in [7, 11) is 0. The molecule has 2 heterocycles. The fourth-order valence-electron chi connectivity index (χ4n) is 2.84. The van der Waals surface area contributed by atoms with E-state index in [9.17, 15) is 0 Å². The van der Waals surface area contributed by atoms with Crippen molar-refractivity contribution in [2.24, 2.45) is 4.99 Å². The van der Waals surface area contributed by atoms with Gasteiger partial charge in [-0.05, 0) is 5.56 Å². The van der Waals surface area contributed by atoms with Gasteiger partial charge >= 0.3 is 0 Å². The third-order valence-electron chi connectivity index (χ3n) is 4.18. The van der Waals surface area contributed by atoms with Gasteiger partial charge in [-0.25, -0.2) is 15.0 Å². The molecule has 0 spiro atoms. The molecule has 2 aromatic carbocycles. The van der Waals surface area contributed by atoms with Gasteiger partial charge in [-0.2, -0.15) is 5.26 Å². The number of nitrogens with zero attached hydrogens (tertiary/aromatic N) is 4. The molecule has 2 N–H and O–H groups in total. The lowest BCUT2D eigenvalue weighted by atomic mass is 10.0. The highest BCUT2D eigenvalue weighted by molar-refractivity contribution is 6.00. The normalized spacial score (nSPS) is 12.5. The van der Waals surface area contributed by atoms with Gasteiger partial charge in [0.15, 0.2) is 17.3 Å². The van der Waals surface area contributed by atoms with Gasteiger partial charge in [-0.3, -0.25) is 0 Å². The summed E-state index contributed by atoms with van der Waals surface area (Å²) in [4.78, 5) is 13.1. The van der Waals surface area contributed by atoms with Crippen molar-refractivity contribution in [2.45, 2.75) is 6.42 Å². The van der Waals surface area contributed by atoms with Crippen LogP contribution in [0.5, 0.6) is 0 Å². The zero-order valence-electron chi connectivity index (χ0n) is 14.8. The second kappa shape index (κ2) is 7.58. The zero-order valence-corrected chi connectivity index (χ0v) is 14.8.